The zero-order valence-electron chi connectivity index (χ0n) is 15.2. The Morgan fingerprint density at radius 1 is 1.30 bits per heavy atom. The Hall–Kier alpha value is -2.16. The summed E-state index contributed by atoms with van der Waals surface area (Å²) in [6.45, 7) is 4.93. The van der Waals surface area contributed by atoms with Crippen LogP contribution in [0.3, 0.4) is 0 Å². The van der Waals surface area contributed by atoms with Gasteiger partial charge in [-0.15, -0.1) is 0 Å². The van der Waals surface area contributed by atoms with Crippen LogP contribution in [-0.4, -0.2) is 43.2 Å². The lowest BCUT2D eigenvalue weighted by atomic mass is 9.91. The maximum Gasteiger partial charge on any atom is 0.158 e. The molecule has 0 unspecified atom stereocenters. The van der Waals surface area contributed by atoms with Crippen molar-refractivity contribution in [2.45, 2.75) is 31.8 Å². The first-order valence-corrected chi connectivity index (χ1v) is 9.78. The molecule has 4 N–H and O–H groups in total. The Bertz CT molecular complexity index is 940. The lowest BCUT2D eigenvalue weighted by molar-refractivity contribution is 0.165. The lowest BCUT2D eigenvalue weighted by Gasteiger charge is -2.36. The molecule has 2 aromatic heterocycles. The van der Waals surface area contributed by atoms with Gasteiger partial charge in [0.1, 0.15) is 17.6 Å². The van der Waals surface area contributed by atoms with Crippen LogP contribution in [0, 0.1) is 0 Å². The molecule has 0 spiro atoms. The minimum atomic E-state index is -0.0577. The van der Waals surface area contributed by atoms with Gasteiger partial charge >= 0.3 is 0 Å². The van der Waals surface area contributed by atoms with Gasteiger partial charge in [-0.3, -0.25) is 4.90 Å². The number of nitrogens with two attached hydrogens (primary N) is 1. The number of likely N-dealkylation sites (tertiary alicyclic amines) is 1. The van der Waals surface area contributed by atoms with Crippen molar-refractivity contribution in [1.82, 2.24) is 19.5 Å². The fourth-order valence-electron chi connectivity index (χ4n) is 3.48. The van der Waals surface area contributed by atoms with Crippen molar-refractivity contribution in [2.24, 2.45) is 5.73 Å². The molecule has 0 atom stereocenters. The summed E-state index contributed by atoms with van der Waals surface area (Å²) >= 11 is 3.40. The number of piperidine rings is 1. The molecule has 0 bridgehead atoms. The molecule has 0 saturated carbocycles. The number of aromatic hydroxyl groups is 1. The molecule has 3 heterocycles. The van der Waals surface area contributed by atoms with Gasteiger partial charge in [0.25, 0.3) is 0 Å². The van der Waals surface area contributed by atoms with E-state index in [2.05, 4.69) is 49.2 Å². The van der Waals surface area contributed by atoms with Crippen LogP contribution in [0.2, 0.25) is 0 Å². The topological polar surface area (TPSA) is 91.7 Å². The minimum absolute atomic E-state index is 0.0577. The monoisotopic (exact) mass is 430 g/mol. The summed E-state index contributed by atoms with van der Waals surface area (Å²) in [6.07, 6.45) is 5.47. The van der Waals surface area contributed by atoms with Crippen LogP contribution in [-0.2, 0) is 6.54 Å². The van der Waals surface area contributed by atoms with Gasteiger partial charge in [0.05, 0.1) is 0 Å². The molecule has 1 fully saturated rings. The van der Waals surface area contributed by atoms with Gasteiger partial charge in [0.2, 0.25) is 0 Å². The SMILES string of the molecule is CC1(N)CCN(Cc2ccn3ncnc(Nc4cc(O)cc(Br)c4)c23)CC1. The average molecular weight is 431 g/mol. The molecular formula is C19H23BrN6O. The number of nitrogens with one attached hydrogen (secondary N) is 1. The van der Waals surface area contributed by atoms with Crippen molar-refractivity contribution in [3.63, 3.8) is 0 Å². The molecule has 3 aromatic rings. The van der Waals surface area contributed by atoms with Crippen molar-refractivity contribution in [3.05, 3.63) is 46.8 Å². The van der Waals surface area contributed by atoms with E-state index in [9.17, 15) is 5.11 Å². The number of anilines is 2. The van der Waals surface area contributed by atoms with E-state index in [1.807, 2.05) is 16.8 Å². The van der Waals surface area contributed by atoms with E-state index < -0.39 is 0 Å². The number of phenolic OH excluding ortho intramolecular Hbond substituents is 1. The van der Waals surface area contributed by atoms with Crippen molar-refractivity contribution in [2.75, 3.05) is 18.4 Å². The van der Waals surface area contributed by atoms with Crippen LogP contribution in [0.5, 0.6) is 5.75 Å². The zero-order valence-corrected chi connectivity index (χ0v) is 16.8. The van der Waals surface area contributed by atoms with E-state index in [4.69, 9.17) is 5.73 Å². The second-order valence-electron chi connectivity index (χ2n) is 7.50. The Morgan fingerprint density at radius 2 is 2.07 bits per heavy atom. The van der Waals surface area contributed by atoms with E-state index in [1.165, 1.54) is 6.33 Å². The number of rotatable bonds is 4. The second-order valence-corrected chi connectivity index (χ2v) is 8.41. The fraction of sp³-hybridized carbons (Fsp3) is 0.368. The van der Waals surface area contributed by atoms with Crippen LogP contribution >= 0.6 is 15.9 Å². The third-order valence-electron chi connectivity index (χ3n) is 5.07. The van der Waals surface area contributed by atoms with Crippen LogP contribution in [0.1, 0.15) is 25.3 Å². The first-order chi connectivity index (χ1) is 12.9. The first kappa shape index (κ1) is 18.2. The number of phenols is 1. The maximum absolute atomic E-state index is 9.83. The normalized spacial score (nSPS) is 17.3. The second kappa shape index (κ2) is 7.10. The number of halogens is 1. The molecule has 1 aromatic carbocycles. The average Bonchev–Trinajstić information content (AvgIpc) is 3.00. The van der Waals surface area contributed by atoms with Crippen molar-refractivity contribution >= 4 is 33.0 Å². The molecule has 0 radical (unpaired) electrons. The number of benzene rings is 1. The van der Waals surface area contributed by atoms with Crippen molar-refractivity contribution in [1.29, 1.82) is 0 Å². The highest BCUT2D eigenvalue weighted by molar-refractivity contribution is 9.10. The molecule has 0 amide bonds. The Kier molecular flexibility index (Phi) is 4.79. The number of nitrogens with zero attached hydrogens (tertiary/aromatic N) is 4. The van der Waals surface area contributed by atoms with Crippen LogP contribution in [0.25, 0.3) is 5.52 Å². The van der Waals surface area contributed by atoms with Gasteiger partial charge in [0, 0.05) is 47.6 Å². The maximum atomic E-state index is 9.83. The fourth-order valence-corrected chi connectivity index (χ4v) is 3.96. The molecule has 7 nitrogen and oxygen atoms in total. The van der Waals surface area contributed by atoms with Crippen LogP contribution in [0.15, 0.2) is 41.3 Å². The van der Waals surface area contributed by atoms with Gasteiger partial charge in [-0.25, -0.2) is 9.50 Å². The Morgan fingerprint density at radius 3 is 2.81 bits per heavy atom. The van der Waals surface area contributed by atoms with Crippen LogP contribution in [0.4, 0.5) is 11.5 Å². The number of aromatic nitrogens is 3. The van der Waals surface area contributed by atoms with E-state index in [0.29, 0.717) is 5.82 Å². The third-order valence-corrected chi connectivity index (χ3v) is 5.53. The van der Waals surface area contributed by atoms with E-state index >= 15 is 0 Å². The predicted octanol–water partition coefficient (Wildman–Crippen LogP) is 3.25. The number of fused-ring (bicyclic) bond motifs is 1. The van der Waals surface area contributed by atoms with E-state index in [0.717, 1.165) is 53.7 Å². The largest absolute Gasteiger partial charge is 0.508 e. The minimum Gasteiger partial charge on any atom is -0.508 e. The highest BCUT2D eigenvalue weighted by Crippen LogP contribution is 2.29. The van der Waals surface area contributed by atoms with Gasteiger partial charge in [-0.05, 0) is 43.5 Å². The lowest BCUT2D eigenvalue weighted by Crippen LogP contribution is -2.47. The van der Waals surface area contributed by atoms with E-state index in [1.54, 1.807) is 12.1 Å². The molecule has 4 rings (SSSR count). The third kappa shape index (κ3) is 4.07. The van der Waals surface area contributed by atoms with Gasteiger partial charge in [-0.1, -0.05) is 15.9 Å². The Balaban J connectivity index is 1.61. The summed E-state index contributed by atoms with van der Waals surface area (Å²) in [5.74, 6) is 0.897. The standard InChI is InChI=1S/C19H23BrN6O/c1-19(21)3-6-25(7-4-19)11-13-2-5-26-17(13)18(22-12-23-26)24-15-8-14(20)9-16(27)10-15/h2,5,8-10,12,27H,3-4,6-7,11,21H2,1H3,(H,22,23,24). The molecular weight excluding hydrogens is 408 g/mol. The Labute approximate surface area is 166 Å². The quantitative estimate of drug-likeness (QED) is 0.588. The van der Waals surface area contributed by atoms with Gasteiger partial charge in [-0.2, -0.15) is 5.10 Å². The van der Waals surface area contributed by atoms with Crippen molar-refractivity contribution < 1.29 is 5.11 Å². The van der Waals surface area contributed by atoms with E-state index in [-0.39, 0.29) is 11.3 Å². The smallest absolute Gasteiger partial charge is 0.158 e. The molecule has 27 heavy (non-hydrogen) atoms. The zero-order chi connectivity index (χ0) is 19.0. The highest BCUT2D eigenvalue weighted by atomic mass is 79.9. The number of hydrogen-bond donors (Lipinski definition) is 3. The highest BCUT2D eigenvalue weighted by Gasteiger charge is 2.26. The first-order valence-electron chi connectivity index (χ1n) is 8.99. The summed E-state index contributed by atoms with van der Waals surface area (Å²) in [4.78, 5) is 6.85. The van der Waals surface area contributed by atoms with Crippen molar-refractivity contribution in [3.8, 4) is 5.75 Å². The molecule has 142 valence electrons. The van der Waals surface area contributed by atoms with Crippen LogP contribution < -0.4 is 11.1 Å². The predicted molar refractivity (Wildman–Crippen MR) is 109 cm³/mol. The summed E-state index contributed by atoms with van der Waals surface area (Å²) in [6, 6.07) is 7.29. The molecule has 0 aliphatic carbocycles. The van der Waals surface area contributed by atoms with Gasteiger partial charge < -0.3 is 16.2 Å². The summed E-state index contributed by atoms with van der Waals surface area (Å²) in [5, 5.41) is 17.5. The molecule has 1 saturated heterocycles. The molecule has 8 heteroatoms. The number of hydrogen-bond acceptors (Lipinski definition) is 6. The van der Waals surface area contributed by atoms with Gasteiger partial charge in [0.15, 0.2) is 5.82 Å². The summed E-state index contributed by atoms with van der Waals surface area (Å²) in [7, 11) is 0. The summed E-state index contributed by atoms with van der Waals surface area (Å²) in [5.41, 5.74) is 9.06. The molecule has 1 aliphatic heterocycles. The molecule has 1 aliphatic rings. The summed E-state index contributed by atoms with van der Waals surface area (Å²) < 4.78 is 2.63.